The molecule has 0 saturated carbocycles. The van der Waals surface area contributed by atoms with Gasteiger partial charge in [-0.15, -0.1) is 0 Å². The SMILES string of the molecule is CCCCCCCCC(CCCBr)(CCCCCCC)C(N)=O. The fourth-order valence-electron chi connectivity index (χ4n) is 3.46. The summed E-state index contributed by atoms with van der Waals surface area (Å²) in [5.41, 5.74) is 5.62. The second kappa shape index (κ2) is 15.5. The summed E-state index contributed by atoms with van der Waals surface area (Å²) in [6.45, 7) is 4.49. The summed E-state index contributed by atoms with van der Waals surface area (Å²) in [5.74, 6) is -0.0532. The van der Waals surface area contributed by atoms with Gasteiger partial charge in [-0.05, 0) is 25.7 Å². The molecular weight excluding hydrogens is 350 g/mol. The van der Waals surface area contributed by atoms with E-state index in [4.69, 9.17) is 5.73 Å². The van der Waals surface area contributed by atoms with Gasteiger partial charge in [0.1, 0.15) is 0 Å². The van der Waals surface area contributed by atoms with Gasteiger partial charge in [-0.3, -0.25) is 4.79 Å². The third kappa shape index (κ3) is 11.2. The molecule has 23 heavy (non-hydrogen) atoms. The van der Waals surface area contributed by atoms with Gasteiger partial charge in [0, 0.05) is 10.7 Å². The summed E-state index contributed by atoms with van der Waals surface area (Å²) in [6.07, 6.45) is 17.9. The molecule has 0 fully saturated rings. The first-order valence-corrected chi connectivity index (χ1v) is 11.1. The molecule has 1 amide bonds. The van der Waals surface area contributed by atoms with Crippen molar-refractivity contribution in [1.82, 2.24) is 0 Å². The van der Waals surface area contributed by atoms with E-state index in [0.29, 0.717) is 0 Å². The quantitative estimate of drug-likeness (QED) is 0.217. The smallest absolute Gasteiger partial charge is 0.223 e. The third-order valence-electron chi connectivity index (χ3n) is 5.08. The van der Waals surface area contributed by atoms with E-state index < -0.39 is 0 Å². The molecule has 0 rings (SSSR count). The zero-order chi connectivity index (χ0) is 17.4. The van der Waals surface area contributed by atoms with Crippen molar-refractivity contribution < 1.29 is 4.79 Å². The number of halogens is 1. The van der Waals surface area contributed by atoms with Crippen molar-refractivity contribution in [3.8, 4) is 0 Å². The Kier molecular flexibility index (Phi) is 15.4. The Bertz CT molecular complexity index is 283. The molecule has 1 atom stereocenters. The summed E-state index contributed by atoms with van der Waals surface area (Å²) in [5, 5.41) is 0.967. The molecule has 2 N–H and O–H groups in total. The first-order chi connectivity index (χ1) is 11.1. The van der Waals surface area contributed by atoms with Gasteiger partial charge in [-0.25, -0.2) is 0 Å². The molecule has 0 radical (unpaired) electrons. The minimum atomic E-state index is -0.245. The molecule has 0 aliphatic carbocycles. The number of unbranched alkanes of at least 4 members (excludes halogenated alkanes) is 9. The number of amides is 1. The Balaban J connectivity index is 4.35. The number of hydrogen-bond acceptors (Lipinski definition) is 1. The van der Waals surface area contributed by atoms with Gasteiger partial charge in [-0.1, -0.05) is 100 Å². The number of primary amides is 1. The van der Waals surface area contributed by atoms with Gasteiger partial charge >= 0.3 is 0 Å². The number of hydrogen-bond donors (Lipinski definition) is 1. The largest absolute Gasteiger partial charge is 0.369 e. The normalized spacial score (nSPS) is 13.9. The molecule has 0 spiro atoms. The van der Waals surface area contributed by atoms with Gasteiger partial charge in [-0.2, -0.15) is 0 Å². The van der Waals surface area contributed by atoms with Crippen LogP contribution in [0.25, 0.3) is 0 Å². The van der Waals surface area contributed by atoms with Gasteiger partial charge in [0.2, 0.25) is 5.91 Å². The molecule has 138 valence electrons. The number of nitrogens with two attached hydrogens (primary N) is 1. The van der Waals surface area contributed by atoms with Crippen LogP contribution in [0, 0.1) is 5.41 Å². The number of carbonyl (C=O) groups excluding carboxylic acids is 1. The van der Waals surface area contributed by atoms with E-state index in [1.54, 1.807) is 0 Å². The number of alkyl halides is 1. The zero-order valence-electron chi connectivity index (χ0n) is 15.7. The van der Waals surface area contributed by atoms with Gasteiger partial charge in [0.05, 0.1) is 0 Å². The van der Waals surface area contributed by atoms with Crippen molar-refractivity contribution in [2.24, 2.45) is 11.1 Å². The lowest BCUT2D eigenvalue weighted by molar-refractivity contribution is -0.129. The van der Waals surface area contributed by atoms with Crippen molar-refractivity contribution in [3.63, 3.8) is 0 Å². The maximum Gasteiger partial charge on any atom is 0.223 e. The van der Waals surface area contributed by atoms with Crippen LogP contribution in [0.1, 0.15) is 110 Å². The molecule has 1 unspecified atom stereocenters. The Morgan fingerprint density at radius 2 is 1.13 bits per heavy atom. The second-order valence-electron chi connectivity index (χ2n) is 7.12. The van der Waals surface area contributed by atoms with Crippen LogP contribution < -0.4 is 5.73 Å². The molecule has 3 heteroatoms. The monoisotopic (exact) mass is 389 g/mol. The fraction of sp³-hybridized carbons (Fsp3) is 0.950. The van der Waals surface area contributed by atoms with Crippen LogP contribution in [0.15, 0.2) is 0 Å². The van der Waals surface area contributed by atoms with Crippen LogP contribution in [-0.2, 0) is 4.79 Å². The van der Waals surface area contributed by atoms with E-state index in [1.165, 1.54) is 57.8 Å². The second-order valence-corrected chi connectivity index (χ2v) is 7.91. The van der Waals surface area contributed by atoms with Gasteiger partial charge in [0.25, 0.3) is 0 Å². The maximum atomic E-state index is 12.2. The summed E-state index contributed by atoms with van der Waals surface area (Å²) >= 11 is 3.51. The molecule has 2 nitrogen and oxygen atoms in total. The van der Waals surface area contributed by atoms with Crippen molar-refractivity contribution in [3.05, 3.63) is 0 Å². The molecule has 0 aromatic carbocycles. The molecule has 0 aliphatic heterocycles. The van der Waals surface area contributed by atoms with E-state index in [-0.39, 0.29) is 11.3 Å². The number of carbonyl (C=O) groups is 1. The third-order valence-corrected chi connectivity index (χ3v) is 5.64. The van der Waals surface area contributed by atoms with Crippen LogP contribution in [-0.4, -0.2) is 11.2 Å². The van der Waals surface area contributed by atoms with Gasteiger partial charge in [0.15, 0.2) is 0 Å². The lowest BCUT2D eigenvalue weighted by Gasteiger charge is -2.31. The first kappa shape index (κ1) is 22.9. The highest BCUT2D eigenvalue weighted by Gasteiger charge is 2.34. The molecule has 0 aliphatic rings. The van der Waals surface area contributed by atoms with Crippen LogP contribution in [0.4, 0.5) is 0 Å². The molecular formula is C20H40BrNO. The molecule has 0 saturated heterocycles. The maximum absolute atomic E-state index is 12.2. The van der Waals surface area contributed by atoms with Crippen molar-refractivity contribution in [1.29, 1.82) is 0 Å². The van der Waals surface area contributed by atoms with Crippen LogP contribution >= 0.6 is 15.9 Å². The summed E-state index contributed by atoms with van der Waals surface area (Å²) in [7, 11) is 0. The minimum absolute atomic E-state index is 0.0532. The van der Waals surface area contributed by atoms with Crippen LogP contribution in [0.5, 0.6) is 0 Å². The van der Waals surface area contributed by atoms with Crippen molar-refractivity contribution in [2.75, 3.05) is 5.33 Å². The molecule has 0 aromatic heterocycles. The Morgan fingerprint density at radius 1 is 0.739 bits per heavy atom. The van der Waals surface area contributed by atoms with E-state index >= 15 is 0 Å². The average molecular weight is 390 g/mol. The zero-order valence-corrected chi connectivity index (χ0v) is 17.3. The van der Waals surface area contributed by atoms with E-state index in [0.717, 1.165) is 43.9 Å². The summed E-state index contributed by atoms with van der Waals surface area (Å²) in [4.78, 5) is 12.2. The highest BCUT2D eigenvalue weighted by molar-refractivity contribution is 9.09. The predicted molar refractivity (Wildman–Crippen MR) is 106 cm³/mol. The van der Waals surface area contributed by atoms with Crippen molar-refractivity contribution in [2.45, 2.75) is 110 Å². The highest BCUT2D eigenvalue weighted by atomic mass is 79.9. The Labute approximate surface area is 153 Å². The van der Waals surface area contributed by atoms with E-state index in [2.05, 4.69) is 29.8 Å². The Morgan fingerprint density at radius 3 is 1.52 bits per heavy atom. The van der Waals surface area contributed by atoms with Crippen LogP contribution in [0.2, 0.25) is 0 Å². The fourth-order valence-corrected chi connectivity index (χ4v) is 3.74. The lowest BCUT2D eigenvalue weighted by Crippen LogP contribution is -2.37. The van der Waals surface area contributed by atoms with Crippen LogP contribution in [0.3, 0.4) is 0 Å². The topological polar surface area (TPSA) is 43.1 Å². The molecule has 0 aromatic rings. The standard InChI is InChI=1S/C20H40BrNO/c1-3-5-7-9-11-13-16-20(19(22)23,17-14-18-21)15-12-10-8-6-4-2/h3-18H2,1-2H3,(H2,22,23). The van der Waals surface area contributed by atoms with Gasteiger partial charge < -0.3 is 5.73 Å². The summed E-state index contributed by atoms with van der Waals surface area (Å²) < 4.78 is 0. The number of rotatable bonds is 17. The predicted octanol–water partition coefficient (Wildman–Crippen LogP) is 6.74. The van der Waals surface area contributed by atoms with E-state index in [1.807, 2.05) is 0 Å². The van der Waals surface area contributed by atoms with Crippen molar-refractivity contribution >= 4 is 21.8 Å². The average Bonchev–Trinajstić information content (AvgIpc) is 2.54. The molecule has 0 heterocycles. The highest BCUT2D eigenvalue weighted by Crippen LogP contribution is 2.36. The lowest BCUT2D eigenvalue weighted by atomic mass is 9.74. The summed E-state index contributed by atoms with van der Waals surface area (Å²) in [6, 6.07) is 0. The molecule has 0 bridgehead atoms. The first-order valence-electron chi connectivity index (χ1n) is 9.98. The Hall–Kier alpha value is -0.0500. The minimum Gasteiger partial charge on any atom is -0.369 e. The van der Waals surface area contributed by atoms with E-state index in [9.17, 15) is 4.79 Å².